The number of aliphatic hydroxyl groups is 1. The Morgan fingerprint density at radius 2 is 2.04 bits per heavy atom. The van der Waals surface area contributed by atoms with Gasteiger partial charge in [-0.2, -0.15) is 0 Å². The van der Waals surface area contributed by atoms with Crippen molar-refractivity contribution < 1.29 is 9.90 Å². The predicted molar refractivity (Wildman–Crippen MR) is 103 cm³/mol. The van der Waals surface area contributed by atoms with Crippen molar-refractivity contribution in [2.45, 2.75) is 32.1 Å². The minimum absolute atomic E-state index is 0.150. The largest absolute Gasteiger partial charge is 0.396 e. The van der Waals surface area contributed by atoms with Crippen LogP contribution in [0.25, 0.3) is 0 Å². The third-order valence-corrected chi connectivity index (χ3v) is 5.36. The Labute approximate surface area is 154 Å². The Balaban J connectivity index is 1.69. The van der Waals surface area contributed by atoms with E-state index in [1.54, 1.807) is 18.3 Å². The number of carbonyl (C=O) groups is 1. The molecule has 3 rings (SSSR count). The number of rotatable bonds is 7. The van der Waals surface area contributed by atoms with Gasteiger partial charge >= 0.3 is 0 Å². The van der Waals surface area contributed by atoms with Crippen LogP contribution < -0.4 is 10.6 Å². The van der Waals surface area contributed by atoms with Crippen LogP contribution in [-0.4, -0.2) is 35.7 Å². The molecule has 2 aromatic rings. The molecule has 0 saturated carbocycles. The van der Waals surface area contributed by atoms with Crippen LogP contribution in [0.15, 0.2) is 48.7 Å². The van der Waals surface area contributed by atoms with E-state index in [1.807, 2.05) is 6.07 Å². The van der Waals surface area contributed by atoms with Gasteiger partial charge in [-0.15, -0.1) is 0 Å². The van der Waals surface area contributed by atoms with E-state index in [4.69, 9.17) is 5.73 Å². The van der Waals surface area contributed by atoms with Crippen molar-refractivity contribution in [2.75, 3.05) is 24.6 Å². The number of piperidine rings is 1. The smallest absolute Gasteiger partial charge is 0.252 e. The Morgan fingerprint density at radius 3 is 2.77 bits per heavy atom. The molecule has 5 heteroatoms. The normalized spacial score (nSPS) is 20.1. The maximum absolute atomic E-state index is 11.7. The number of benzene rings is 1. The van der Waals surface area contributed by atoms with Crippen molar-refractivity contribution in [1.82, 2.24) is 4.98 Å². The second-order valence-corrected chi connectivity index (χ2v) is 7.26. The SMILES string of the molecule is NC(=O)c1cccnc1N1CCC[C@](CO)(CCCc2ccccc2)C1. The number of aryl methyl sites for hydroxylation is 1. The molecule has 1 amide bonds. The second kappa shape index (κ2) is 8.32. The highest BCUT2D eigenvalue weighted by molar-refractivity contribution is 5.97. The summed E-state index contributed by atoms with van der Waals surface area (Å²) in [6.07, 6.45) is 6.65. The third kappa shape index (κ3) is 4.22. The lowest BCUT2D eigenvalue weighted by atomic mass is 9.76. The van der Waals surface area contributed by atoms with Gasteiger partial charge < -0.3 is 15.7 Å². The standard InChI is InChI=1S/C21H27N3O2/c22-19(26)18-10-5-13-23-20(18)24-14-6-12-21(15-24,16-25)11-4-9-17-7-2-1-3-8-17/h1-3,5,7-8,10,13,25H,4,6,9,11-12,14-16H2,(H2,22,26)/t21-/m1/s1. The van der Waals surface area contributed by atoms with Crippen LogP contribution in [0.2, 0.25) is 0 Å². The van der Waals surface area contributed by atoms with Crippen LogP contribution in [0.5, 0.6) is 0 Å². The molecule has 2 heterocycles. The first kappa shape index (κ1) is 18.4. The molecule has 5 nitrogen and oxygen atoms in total. The van der Waals surface area contributed by atoms with Crippen molar-refractivity contribution in [2.24, 2.45) is 11.1 Å². The van der Waals surface area contributed by atoms with Crippen molar-refractivity contribution in [3.05, 3.63) is 59.8 Å². The van der Waals surface area contributed by atoms with Crippen molar-refractivity contribution in [1.29, 1.82) is 0 Å². The summed E-state index contributed by atoms with van der Waals surface area (Å²) < 4.78 is 0. The highest BCUT2D eigenvalue weighted by atomic mass is 16.3. The van der Waals surface area contributed by atoms with Crippen LogP contribution in [0.1, 0.15) is 41.6 Å². The van der Waals surface area contributed by atoms with Crippen molar-refractivity contribution in [3.63, 3.8) is 0 Å². The molecule has 3 N–H and O–H groups in total. The number of aliphatic hydroxyl groups excluding tert-OH is 1. The molecule has 0 unspecified atom stereocenters. The number of hydrogen-bond acceptors (Lipinski definition) is 4. The first-order chi connectivity index (χ1) is 12.6. The molecule has 1 saturated heterocycles. The van der Waals surface area contributed by atoms with Gasteiger partial charge in [0.1, 0.15) is 5.82 Å². The highest BCUT2D eigenvalue weighted by Crippen LogP contribution is 2.36. The molecule has 138 valence electrons. The summed E-state index contributed by atoms with van der Waals surface area (Å²) in [4.78, 5) is 18.2. The average molecular weight is 353 g/mol. The van der Waals surface area contributed by atoms with Crippen molar-refractivity contribution in [3.8, 4) is 0 Å². The molecule has 26 heavy (non-hydrogen) atoms. The van der Waals surface area contributed by atoms with Gasteiger partial charge in [-0.25, -0.2) is 4.98 Å². The molecule has 1 aromatic heterocycles. The van der Waals surface area contributed by atoms with Gasteiger partial charge in [-0.3, -0.25) is 4.79 Å². The zero-order valence-electron chi connectivity index (χ0n) is 15.1. The zero-order valence-corrected chi connectivity index (χ0v) is 15.1. The monoisotopic (exact) mass is 353 g/mol. The predicted octanol–water partition coefficient (Wildman–Crippen LogP) is 2.78. The fourth-order valence-electron chi connectivity index (χ4n) is 3.95. The van der Waals surface area contributed by atoms with E-state index in [2.05, 4.69) is 34.1 Å². The Bertz CT molecular complexity index is 735. The lowest BCUT2D eigenvalue weighted by Crippen LogP contribution is -2.46. The van der Waals surface area contributed by atoms with Crippen LogP contribution in [-0.2, 0) is 6.42 Å². The van der Waals surface area contributed by atoms with Crippen LogP contribution in [0, 0.1) is 5.41 Å². The number of primary amides is 1. The number of nitrogens with zero attached hydrogens (tertiary/aromatic N) is 2. The number of amides is 1. The minimum atomic E-state index is -0.461. The van der Waals surface area contributed by atoms with Crippen molar-refractivity contribution >= 4 is 11.7 Å². The number of anilines is 1. The topological polar surface area (TPSA) is 79.5 Å². The molecule has 1 aromatic carbocycles. The first-order valence-corrected chi connectivity index (χ1v) is 9.28. The fraction of sp³-hybridized carbons (Fsp3) is 0.429. The van der Waals surface area contributed by atoms with Crippen LogP contribution in [0.4, 0.5) is 5.82 Å². The molecule has 0 bridgehead atoms. The summed E-state index contributed by atoms with van der Waals surface area (Å²) in [6, 6.07) is 13.9. The maximum Gasteiger partial charge on any atom is 0.252 e. The van der Waals surface area contributed by atoms with E-state index >= 15 is 0 Å². The van der Waals surface area contributed by atoms with Crippen LogP contribution in [0.3, 0.4) is 0 Å². The van der Waals surface area contributed by atoms with E-state index in [-0.39, 0.29) is 12.0 Å². The summed E-state index contributed by atoms with van der Waals surface area (Å²) in [5.41, 5.74) is 7.14. The summed E-state index contributed by atoms with van der Waals surface area (Å²) in [5, 5.41) is 10.1. The quantitative estimate of drug-likeness (QED) is 0.802. The summed E-state index contributed by atoms with van der Waals surface area (Å²) in [6.45, 7) is 1.68. The Morgan fingerprint density at radius 1 is 1.23 bits per heavy atom. The molecule has 0 spiro atoms. The van der Waals surface area contributed by atoms with Gasteiger partial charge in [0.15, 0.2) is 0 Å². The minimum Gasteiger partial charge on any atom is -0.396 e. The lowest BCUT2D eigenvalue weighted by molar-refractivity contribution is 0.0934. The van der Waals surface area contributed by atoms with Gasteiger partial charge in [-0.05, 0) is 49.8 Å². The molecule has 0 radical (unpaired) electrons. The zero-order chi connectivity index (χ0) is 18.4. The Kier molecular flexibility index (Phi) is 5.89. The highest BCUT2D eigenvalue weighted by Gasteiger charge is 2.35. The molecular weight excluding hydrogens is 326 g/mol. The molecule has 1 aliphatic heterocycles. The van der Waals surface area contributed by atoms with Gasteiger partial charge in [-0.1, -0.05) is 30.3 Å². The summed E-state index contributed by atoms with van der Waals surface area (Å²) in [5.74, 6) is 0.179. The van der Waals surface area contributed by atoms with E-state index in [0.717, 1.165) is 38.6 Å². The second-order valence-electron chi connectivity index (χ2n) is 7.26. The maximum atomic E-state index is 11.7. The first-order valence-electron chi connectivity index (χ1n) is 9.28. The van der Waals surface area contributed by atoms with Crippen LogP contribution >= 0.6 is 0 Å². The van der Waals surface area contributed by atoms with Gasteiger partial charge in [0.2, 0.25) is 0 Å². The number of carbonyl (C=O) groups excluding carboxylic acids is 1. The average Bonchev–Trinajstić information content (AvgIpc) is 2.69. The van der Waals surface area contributed by atoms with Gasteiger partial charge in [0.25, 0.3) is 5.91 Å². The fourth-order valence-corrected chi connectivity index (χ4v) is 3.95. The number of nitrogens with two attached hydrogens (primary N) is 1. The lowest BCUT2D eigenvalue weighted by Gasteiger charge is -2.43. The molecular formula is C21H27N3O2. The number of pyridine rings is 1. The summed E-state index contributed by atoms with van der Waals surface area (Å²) in [7, 11) is 0. The van der Waals surface area contributed by atoms with Gasteiger partial charge in [0.05, 0.1) is 12.2 Å². The number of hydrogen-bond donors (Lipinski definition) is 2. The Hall–Kier alpha value is -2.40. The molecule has 0 aliphatic carbocycles. The molecule has 1 aliphatic rings. The van der Waals surface area contributed by atoms with E-state index in [0.29, 0.717) is 17.9 Å². The van der Waals surface area contributed by atoms with E-state index in [9.17, 15) is 9.90 Å². The number of aromatic nitrogens is 1. The summed E-state index contributed by atoms with van der Waals surface area (Å²) >= 11 is 0. The third-order valence-electron chi connectivity index (χ3n) is 5.36. The van der Waals surface area contributed by atoms with E-state index < -0.39 is 5.91 Å². The molecule has 1 atom stereocenters. The molecule has 1 fully saturated rings. The van der Waals surface area contributed by atoms with E-state index in [1.165, 1.54) is 5.56 Å². The van der Waals surface area contributed by atoms with Gasteiger partial charge in [0, 0.05) is 24.7 Å².